The van der Waals surface area contributed by atoms with E-state index in [2.05, 4.69) is 10.5 Å². The Balaban J connectivity index is 2.18. The van der Waals surface area contributed by atoms with E-state index in [1.165, 1.54) is 6.92 Å². The number of nitrogens with one attached hydrogen (secondary N) is 1. The number of nitrogens with zero attached hydrogens (tertiary/aromatic N) is 1. The number of ether oxygens (including phenoxy) is 1. The Hall–Kier alpha value is -2.04. The molecule has 0 aliphatic rings. The van der Waals surface area contributed by atoms with E-state index in [1.54, 1.807) is 0 Å². The lowest BCUT2D eigenvalue weighted by Crippen LogP contribution is -2.20. The van der Waals surface area contributed by atoms with Crippen LogP contribution in [0, 0.1) is 0 Å². The van der Waals surface area contributed by atoms with E-state index in [0.29, 0.717) is 13.2 Å². The number of aliphatic carboxylic acids is 1. The molecule has 0 heterocycles. The number of para-hydroxylation sites is 1. The molecule has 16 heavy (non-hydrogen) atoms. The molecule has 0 saturated carbocycles. The normalized spacial score (nSPS) is 10.9. The summed E-state index contributed by atoms with van der Waals surface area (Å²) in [5, 5.41) is 12.2. The van der Waals surface area contributed by atoms with Gasteiger partial charge in [-0.15, -0.1) is 0 Å². The van der Waals surface area contributed by atoms with Crippen LogP contribution < -0.4 is 10.2 Å². The van der Waals surface area contributed by atoms with Crippen molar-refractivity contribution < 1.29 is 14.6 Å². The molecule has 0 bridgehead atoms. The highest BCUT2D eigenvalue weighted by molar-refractivity contribution is 6.34. The number of hydrazone groups is 1. The smallest absolute Gasteiger partial charge is 0.351 e. The van der Waals surface area contributed by atoms with Gasteiger partial charge in [0, 0.05) is 0 Å². The summed E-state index contributed by atoms with van der Waals surface area (Å²) in [6.07, 6.45) is 0. The van der Waals surface area contributed by atoms with Crippen molar-refractivity contribution >= 4 is 11.7 Å². The highest BCUT2D eigenvalue weighted by atomic mass is 16.5. The lowest BCUT2D eigenvalue weighted by atomic mass is 10.3. The first-order valence-electron chi connectivity index (χ1n) is 4.88. The maximum atomic E-state index is 10.4. The molecule has 0 aliphatic carbocycles. The zero-order valence-corrected chi connectivity index (χ0v) is 9.01. The summed E-state index contributed by atoms with van der Waals surface area (Å²) in [5.74, 6) is -0.250. The molecule has 0 aromatic heterocycles. The first-order chi connectivity index (χ1) is 7.70. The molecule has 0 spiro atoms. The molecule has 1 rings (SSSR count). The van der Waals surface area contributed by atoms with E-state index >= 15 is 0 Å². The molecule has 5 heteroatoms. The number of carboxylic acid groups (broad SMARTS) is 1. The van der Waals surface area contributed by atoms with Crippen LogP contribution in [0.15, 0.2) is 35.4 Å². The van der Waals surface area contributed by atoms with Gasteiger partial charge in [0.1, 0.15) is 18.1 Å². The summed E-state index contributed by atoms with van der Waals surface area (Å²) in [7, 11) is 0. The zero-order valence-electron chi connectivity index (χ0n) is 9.01. The van der Waals surface area contributed by atoms with Crippen molar-refractivity contribution in [2.45, 2.75) is 6.92 Å². The van der Waals surface area contributed by atoms with Crippen LogP contribution in [0.25, 0.3) is 0 Å². The highest BCUT2D eigenvalue weighted by Crippen LogP contribution is 2.07. The van der Waals surface area contributed by atoms with Gasteiger partial charge in [0.2, 0.25) is 0 Å². The van der Waals surface area contributed by atoms with Crippen molar-refractivity contribution in [2.75, 3.05) is 13.2 Å². The third-order valence-electron chi connectivity index (χ3n) is 1.78. The molecule has 1 aromatic carbocycles. The van der Waals surface area contributed by atoms with Crippen LogP contribution in [0.5, 0.6) is 5.75 Å². The van der Waals surface area contributed by atoms with Crippen molar-refractivity contribution in [3.8, 4) is 5.75 Å². The van der Waals surface area contributed by atoms with Gasteiger partial charge >= 0.3 is 5.97 Å². The molecule has 0 fully saturated rings. The number of carbonyl (C=O) groups is 1. The van der Waals surface area contributed by atoms with E-state index in [0.717, 1.165) is 5.75 Å². The third kappa shape index (κ3) is 4.45. The third-order valence-corrected chi connectivity index (χ3v) is 1.78. The lowest BCUT2D eigenvalue weighted by molar-refractivity contribution is -0.129. The van der Waals surface area contributed by atoms with Crippen LogP contribution >= 0.6 is 0 Å². The van der Waals surface area contributed by atoms with E-state index in [9.17, 15) is 4.79 Å². The molecular weight excluding hydrogens is 208 g/mol. The second-order valence-corrected chi connectivity index (χ2v) is 3.07. The fraction of sp³-hybridized carbons (Fsp3) is 0.273. The average molecular weight is 222 g/mol. The van der Waals surface area contributed by atoms with Crippen LogP contribution in [0.2, 0.25) is 0 Å². The quantitative estimate of drug-likeness (QED) is 0.430. The molecule has 0 amide bonds. The van der Waals surface area contributed by atoms with Crippen LogP contribution in [0.4, 0.5) is 0 Å². The molecule has 0 saturated heterocycles. The fourth-order valence-electron chi connectivity index (χ4n) is 0.954. The fourth-order valence-corrected chi connectivity index (χ4v) is 0.954. The molecule has 2 N–H and O–H groups in total. The first-order valence-corrected chi connectivity index (χ1v) is 4.88. The molecule has 0 aliphatic heterocycles. The standard InChI is InChI=1S/C11H14N2O3/c1-9(11(14)15)13-12-7-8-16-10-5-3-2-4-6-10/h2-6,12H,7-8H2,1H3,(H,14,15)/b13-9+. The maximum absolute atomic E-state index is 10.4. The van der Waals surface area contributed by atoms with Gasteiger partial charge in [-0.2, -0.15) is 5.10 Å². The minimum Gasteiger partial charge on any atom is -0.492 e. The van der Waals surface area contributed by atoms with Crippen molar-refractivity contribution in [2.24, 2.45) is 5.10 Å². The minimum atomic E-state index is -1.03. The van der Waals surface area contributed by atoms with Crippen molar-refractivity contribution in [3.05, 3.63) is 30.3 Å². The number of carboxylic acids is 1. The summed E-state index contributed by atoms with van der Waals surface area (Å²) in [4.78, 5) is 10.4. The lowest BCUT2D eigenvalue weighted by Gasteiger charge is -2.05. The zero-order chi connectivity index (χ0) is 11.8. The van der Waals surface area contributed by atoms with E-state index in [4.69, 9.17) is 9.84 Å². The Morgan fingerprint density at radius 2 is 2.12 bits per heavy atom. The predicted molar refractivity (Wildman–Crippen MR) is 60.7 cm³/mol. The SMILES string of the molecule is C/C(=N\NCCOc1ccccc1)C(=O)O. The van der Waals surface area contributed by atoms with Crippen LogP contribution in [0.1, 0.15) is 6.92 Å². The number of hydrogen-bond donors (Lipinski definition) is 2. The van der Waals surface area contributed by atoms with E-state index in [1.807, 2.05) is 30.3 Å². The Bertz CT molecular complexity index is 363. The Kier molecular flexibility index (Phi) is 4.85. The van der Waals surface area contributed by atoms with Gasteiger partial charge in [0.25, 0.3) is 0 Å². The summed E-state index contributed by atoms with van der Waals surface area (Å²) in [5.41, 5.74) is 2.65. The second kappa shape index (κ2) is 6.44. The van der Waals surface area contributed by atoms with E-state index in [-0.39, 0.29) is 5.71 Å². The molecule has 1 aromatic rings. The van der Waals surface area contributed by atoms with Gasteiger partial charge in [-0.3, -0.25) is 0 Å². The van der Waals surface area contributed by atoms with E-state index < -0.39 is 5.97 Å². The van der Waals surface area contributed by atoms with Gasteiger partial charge in [-0.1, -0.05) is 18.2 Å². The summed E-state index contributed by atoms with van der Waals surface area (Å²) in [6, 6.07) is 9.38. The van der Waals surface area contributed by atoms with Crippen molar-refractivity contribution in [3.63, 3.8) is 0 Å². The minimum absolute atomic E-state index is 0.0275. The van der Waals surface area contributed by atoms with Crippen molar-refractivity contribution in [1.82, 2.24) is 5.43 Å². The molecule has 0 radical (unpaired) electrons. The summed E-state index contributed by atoms with van der Waals surface area (Å²) in [6.45, 7) is 2.31. The largest absolute Gasteiger partial charge is 0.492 e. The summed E-state index contributed by atoms with van der Waals surface area (Å²) < 4.78 is 5.37. The molecule has 86 valence electrons. The molecular formula is C11H14N2O3. The maximum Gasteiger partial charge on any atom is 0.351 e. The predicted octanol–water partition coefficient (Wildman–Crippen LogP) is 1.12. The molecule has 0 unspecified atom stereocenters. The Labute approximate surface area is 93.7 Å². The van der Waals surface area contributed by atoms with Crippen LogP contribution in [-0.4, -0.2) is 29.9 Å². The van der Waals surface area contributed by atoms with Gasteiger partial charge in [0.05, 0.1) is 6.54 Å². The van der Waals surface area contributed by atoms with Crippen LogP contribution in [-0.2, 0) is 4.79 Å². The first kappa shape index (κ1) is 12.0. The highest BCUT2D eigenvalue weighted by Gasteiger charge is 1.99. The number of hydrogen-bond acceptors (Lipinski definition) is 4. The number of benzene rings is 1. The average Bonchev–Trinajstić information content (AvgIpc) is 2.29. The van der Waals surface area contributed by atoms with Gasteiger partial charge < -0.3 is 15.3 Å². The van der Waals surface area contributed by atoms with Crippen molar-refractivity contribution in [1.29, 1.82) is 0 Å². The van der Waals surface area contributed by atoms with Gasteiger partial charge in [0.15, 0.2) is 0 Å². The topological polar surface area (TPSA) is 70.9 Å². The number of rotatable bonds is 6. The second-order valence-electron chi connectivity index (χ2n) is 3.07. The molecule has 5 nitrogen and oxygen atoms in total. The monoisotopic (exact) mass is 222 g/mol. The van der Waals surface area contributed by atoms with Crippen LogP contribution in [0.3, 0.4) is 0 Å². The van der Waals surface area contributed by atoms with Gasteiger partial charge in [-0.25, -0.2) is 4.79 Å². The summed E-state index contributed by atoms with van der Waals surface area (Å²) >= 11 is 0. The Morgan fingerprint density at radius 3 is 2.75 bits per heavy atom. The Morgan fingerprint density at radius 1 is 1.44 bits per heavy atom. The van der Waals surface area contributed by atoms with Gasteiger partial charge in [-0.05, 0) is 19.1 Å². The molecule has 0 atom stereocenters.